The van der Waals surface area contributed by atoms with Crippen molar-refractivity contribution < 1.29 is 4.42 Å². The number of aromatic nitrogens is 1. The molecule has 0 amide bonds. The number of hydrogen-bond donors (Lipinski definition) is 0. The lowest BCUT2D eigenvalue weighted by atomic mass is 9.75. The number of para-hydroxylation sites is 1. The van der Waals surface area contributed by atoms with E-state index in [-0.39, 0.29) is 0 Å². The van der Waals surface area contributed by atoms with Crippen LogP contribution in [-0.2, 0) is 10.8 Å². The van der Waals surface area contributed by atoms with Crippen LogP contribution in [0.4, 0.5) is 0 Å². The highest BCUT2D eigenvalue weighted by atomic mass is 16.3. The van der Waals surface area contributed by atoms with Gasteiger partial charge >= 0.3 is 0 Å². The third-order valence-electron chi connectivity index (χ3n) is 8.18. The molecule has 0 saturated heterocycles. The van der Waals surface area contributed by atoms with Crippen LogP contribution in [0.15, 0.2) is 53.1 Å². The molecule has 0 radical (unpaired) electrons. The Hall–Kier alpha value is -2.61. The summed E-state index contributed by atoms with van der Waals surface area (Å²) in [6.07, 6.45) is 7.04. The average molecular weight is 456 g/mol. The van der Waals surface area contributed by atoms with E-state index >= 15 is 0 Å². The van der Waals surface area contributed by atoms with Crippen molar-refractivity contribution in [2.24, 2.45) is 0 Å². The molecule has 34 heavy (non-hydrogen) atoms. The zero-order valence-electron chi connectivity index (χ0n) is 22.4. The van der Waals surface area contributed by atoms with E-state index in [2.05, 4.69) is 58.0 Å². The molecule has 3 atom stereocenters. The number of nitrogens with zero attached hydrogens (tertiary/aromatic N) is 1. The number of benzene rings is 2. The molecule has 2 nitrogen and oxygen atoms in total. The molecule has 2 aliphatic carbocycles. The Bertz CT molecular complexity index is 1320. The molecule has 0 aliphatic heterocycles. The van der Waals surface area contributed by atoms with E-state index in [1.165, 1.54) is 30.4 Å². The fourth-order valence-corrected chi connectivity index (χ4v) is 6.28. The van der Waals surface area contributed by atoms with E-state index in [0.29, 0.717) is 16.7 Å². The van der Waals surface area contributed by atoms with Gasteiger partial charge in [0.25, 0.3) is 0 Å². The second-order valence-electron chi connectivity index (χ2n) is 10.3. The molecule has 2 aliphatic rings. The van der Waals surface area contributed by atoms with Gasteiger partial charge in [-0.25, -0.2) is 0 Å². The normalized spacial score (nSPS) is 23.2. The van der Waals surface area contributed by atoms with E-state index in [9.17, 15) is 0 Å². The summed E-state index contributed by atoms with van der Waals surface area (Å²) >= 11 is 0. The lowest BCUT2D eigenvalue weighted by molar-refractivity contribution is 0.483. The van der Waals surface area contributed by atoms with E-state index in [4.69, 9.17) is 9.40 Å². The fraction of sp³-hybridized carbons (Fsp3) is 0.469. The van der Waals surface area contributed by atoms with Gasteiger partial charge < -0.3 is 4.42 Å². The zero-order chi connectivity index (χ0) is 24.7. The van der Waals surface area contributed by atoms with Crippen molar-refractivity contribution in [2.45, 2.75) is 97.8 Å². The van der Waals surface area contributed by atoms with Crippen molar-refractivity contribution in [2.75, 3.05) is 0 Å². The predicted octanol–water partition coefficient (Wildman–Crippen LogP) is 9.93. The Balaban J connectivity index is 0.000000652. The lowest BCUT2D eigenvalue weighted by Crippen LogP contribution is -2.19. The van der Waals surface area contributed by atoms with Gasteiger partial charge in [0.15, 0.2) is 0 Å². The van der Waals surface area contributed by atoms with Gasteiger partial charge in [-0.05, 0) is 71.3 Å². The largest absolute Gasteiger partial charge is 0.456 e. The van der Waals surface area contributed by atoms with Gasteiger partial charge in [0.05, 0.1) is 5.69 Å². The first-order chi connectivity index (χ1) is 16.4. The highest BCUT2D eigenvalue weighted by molar-refractivity contribution is 6.05. The highest BCUT2D eigenvalue weighted by Gasteiger charge is 2.53. The number of pyridine rings is 1. The van der Waals surface area contributed by atoms with Crippen LogP contribution in [0.2, 0.25) is 0 Å². The molecule has 2 heteroatoms. The van der Waals surface area contributed by atoms with E-state index < -0.39 is 0 Å². The summed E-state index contributed by atoms with van der Waals surface area (Å²) in [5.41, 5.74) is 9.45. The Morgan fingerprint density at radius 1 is 0.882 bits per heavy atom. The molecule has 0 N–H and O–H groups in total. The molecule has 6 rings (SSSR count). The van der Waals surface area contributed by atoms with Crippen molar-refractivity contribution >= 4 is 21.9 Å². The molecule has 3 unspecified atom stereocenters. The van der Waals surface area contributed by atoms with Gasteiger partial charge in [-0.2, -0.15) is 0 Å². The lowest BCUT2D eigenvalue weighted by Gasteiger charge is -2.30. The molecule has 2 aromatic heterocycles. The number of furan rings is 1. The van der Waals surface area contributed by atoms with Crippen molar-refractivity contribution in [1.82, 2.24) is 4.98 Å². The zero-order valence-corrected chi connectivity index (χ0v) is 22.4. The molecule has 4 aromatic rings. The topological polar surface area (TPSA) is 26.0 Å². The maximum atomic E-state index is 6.18. The van der Waals surface area contributed by atoms with Crippen molar-refractivity contribution in [3.05, 3.63) is 65.4 Å². The predicted molar refractivity (Wildman–Crippen MR) is 147 cm³/mol. The standard InChI is InChI=1S/C28H29NO.2C2H6/c1-5-17(2)19-12-22-23(28(4)11-10-27(22,3)16-28)13-20(19)24-14-26-21(15-29-24)18-8-6-7-9-25(18)30-26;2*1-2/h6-9,12-15,17H,5,10-11,16H2,1-4H3;2*1-2H3. The van der Waals surface area contributed by atoms with Crippen LogP contribution < -0.4 is 0 Å². The Labute approximate surface area is 205 Å². The van der Waals surface area contributed by atoms with Crippen LogP contribution in [0.3, 0.4) is 0 Å². The first-order valence-electron chi connectivity index (χ1n) is 13.4. The highest BCUT2D eigenvalue weighted by Crippen LogP contribution is 2.61. The molecule has 0 spiro atoms. The minimum absolute atomic E-state index is 0.316. The first kappa shape index (κ1) is 24.5. The Kier molecular flexibility index (Phi) is 6.64. The van der Waals surface area contributed by atoms with Crippen LogP contribution in [-0.4, -0.2) is 4.98 Å². The number of fused-ring (bicyclic) bond motifs is 8. The summed E-state index contributed by atoms with van der Waals surface area (Å²) in [6, 6.07) is 15.4. The van der Waals surface area contributed by atoms with Crippen molar-refractivity contribution in [3.63, 3.8) is 0 Å². The number of hydrogen-bond acceptors (Lipinski definition) is 2. The van der Waals surface area contributed by atoms with E-state index in [1.54, 1.807) is 11.1 Å². The van der Waals surface area contributed by atoms with Crippen LogP contribution in [0.1, 0.15) is 104 Å². The molecule has 2 aromatic carbocycles. The van der Waals surface area contributed by atoms with Crippen LogP contribution >= 0.6 is 0 Å². The first-order valence-corrected chi connectivity index (χ1v) is 13.4. The number of rotatable bonds is 3. The van der Waals surface area contributed by atoms with Gasteiger partial charge in [-0.15, -0.1) is 0 Å². The minimum atomic E-state index is 0.316. The summed E-state index contributed by atoms with van der Waals surface area (Å²) in [4.78, 5) is 4.94. The smallest absolute Gasteiger partial charge is 0.139 e. The second-order valence-corrected chi connectivity index (χ2v) is 10.3. The van der Waals surface area contributed by atoms with Crippen LogP contribution in [0, 0.1) is 0 Å². The monoisotopic (exact) mass is 455 g/mol. The van der Waals surface area contributed by atoms with Crippen molar-refractivity contribution in [3.8, 4) is 11.3 Å². The third kappa shape index (κ3) is 3.67. The Morgan fingerprint density at radius 2 is 1.53 bits per heavy atom. The molecule has 2 bridgehead atoms. The third-order valence-corrected chi connectivity index (χ3v) is 8.18. The second kappa shape index (κ2) is 9.21. The summed E-state index contributed by atoms with van der Waals surface area (Å²) in [5, 5.41) is 2.24. The fourth-order valence-electron chi connectivity index (χ4n) is 6.28. The van der Waals surface area contributed by atoms with Gasteiger partial charge in [-0.1, -0.05) is 79.7 Å². The molecular formula is C32H41NO. The molecule has 2 heterocycles. The van der Waals surface area contributed by atoms with E-state index in [0.717, 1.165) is 34.1 Å². The van der Waals surface area contributed by atoms with Crippen LogP contribution in [0.5, 0.6) is 0 Å². The maximum absolute atomic E-state index is 6.18. The maximum Gasteiger partial charge on any atom is 0.139 e. The molecule has 1 saturated carbocycles. The van der Waals surface area contributed by atoms with Crippen LogP contribution in [0.25, 0.3) is 33.2 Å². The van der Waals surface area contributed by atoms with E-state index in [1.807, 2.05) is 46.0 Å². The molecular weight excluding hydrogens is 414 g/mol. The van der Waals surface area contributed by atoms with Gasteiger partial charge in [0, 0.05) is 28.6 Å². The summed E-state index contributed by atoms with van der Waals surface area (Å²) in [6.45, 7) is 17.6. The summed E-state index contributed by atoms with van der Waals surface area (Å²) in [5.74, 6) is 0.508. The summed E-state index contributed by atoms with van der Waals surface area (Å²) in [7, 11) is 0. The minimum Gasteiger partial charge on any atom is -0.456 e. The van der Waals surface area contributed by atoms with Crippen molar-refractivity contribution in [1.29, 1.82) is 0 Å². The molecule has 1 fully saturated rings. The quantitative estimate of drug-likeness (QED) is 0.307. The SMILES string of the molecule is CC.CC.CCC(C)c1cc2c(cc1-c1cc3oc4ccccc4c3cn1)C1(C)CCC2(C)C1. The Morgan fingerprint density at radius 3 is 2.21 bits per heavy atom. The average Bonchev–Trinajstić information content (AvgIpc) is 3.49. The van der Waals surface area contributed by atoms with Gasteiger partial charge in [0.2, 0.25) is 0 Å². The molecule has 180 valence electrons. The van der Waals surface area contributed by atoms with Gasteiger partial charge in [0.1, 0.15) is 11.2 Å². The summed E-state index contributed by atoms with van der Waals surface area (Å²) < 4.78 is 6.18. The van der Waals surface area contributed by atoms with Gasteiger partial charge in [-0.3, -0.25) is 4.98 Å².